The van der Waals surface area contributed by atoms with E-state index in [1.165, 1.54) is 18.2 Å². The molecule has 0 radical (unpaired) electrons. The van der Waals surface area contributed by atoms with Crippen molar-refractivity contribution in [2.45, 2.75) is 33.2 Å². The smallest absolute Gasteiger partial charge is 0.248 e. The van der Waals surface area contributed by atoms with E-state index in [0.29, 0.717) is 5.69 Å². The number of carbonyl (C=O) groups is 1. The molecule has 1 amide bonds. The van der Waals surface area contributed by atoms with Gasteiger partial charge in [-0.15, -0.1) is 0 Å². The van der Waals surface area contributed by atoms with Crippen molar-refractivity contribution in [3.05, 3.63) is 57.6 Å². The van der Waals surface area contributed by atoms with Gasteiger partial charge in [0.25, 0.3) is 0 Å². The molecule has 2 rings (SSSR count). The number of benzene rings is 2. The number of carbonyl (C=O) groups excluding carboxylic acids is 1. The number of nitrogens with one attached hydrogen (secondary N) is 1. The fourth-order valence-electron chi connectivity index (χ4n) is 2.81. The van der Waals surface area contributed by atoms with Crippen molar-refractivity contribution in [1.29, 1.82) is 0 Å². The topological polar surface area (TPSA) is 66.5 Å². The second-order valence-electron chi connectivity index (χ2n) is 6.42. The summed E-state index contributed by atoms with van der Waals surface area (Å²) in [4.78, 5) is 13.0. The predicted octanol–water partition coefficient (Wildman–Crippen LogP) is 4.79. The van der Waals surface area contributed by atoms with Crippen molar-refractivity contribution in [2.24, 2.45) is 0 Å². The summed E-state index contributed by atoms with van der Waals surface area (Å²) >= 11 is 12.1. The van der Waals surface area contributed by atoms with Gasteiger partial charge in [0.05, 0.1) is 11.9 Å². The van der Waals surface area contributed by atoms with E-state index in [0.717, 1.165) is 21.7 Å². The molecule has 0 bridgehead atoms. The molecule has 0 heterocycles. The fraction of sp³-hybridized carbons (Fsp3) is 0.316. The lowest BCUT2D eigenvalue weighted by atomic mass is 10.1. The quantitative estimate of drug-likeness (QED) is 0.718. The maximum Gasteiger partial charge on any atom is 0.248 e. The van der Waals surface area contributed by atoms with E-state index in [-0.39, 0.29) is 22.2 Å². The number of anilines is 2. The number of halogens is 2. The fourth-order valence-corrected chi connectivity index (χ4v) is 4.52. The lowest BCUT2D eigenvalue weighted by Crippen LogP contribution is -2.47. The Morgan fingerprint density at radius 2 is 1.70 bits per heavy atom. The van der Waals surface area contributed by atoms with Gasteiger partial charge < -0.3 is 5.32 Å². The Kier molecular flexibility index (Phi) is 6.78. The van der Waals surface area contributed by atoms with Crippen LogP contribution in [0.1, 0.15) is 24.5 Å². The zero-order chi connectivity index (χ0) is 20.4. The maximum absolute atomic E-state index is 13.0. The minimum absolute atomic E-state index is 0.248. The molecule has 0 aliphatic rings. The minimum atomic E-state index is -3.76. The SMILES string of the molecule is CC[C@@H](C(=O)Nc1cc(C)ccc1C)N(c1cc(Cl)cc(Cl)c1)S(C)(=O)=O. The molecule has 0 aliphatic heterocycles. The van der Waals surface area contributed by atoms with Gasteiger partial charge >= 0.3 is 0 Å². The van der Waals surface area contributed by atoms with Gasteiger partial charge in [-0.2, -0.15) is 0 Å². The lowest BCUT2D eigenvalue weighted by molar-refractivity contribution is -0.117. The molecule has 0 saturated carbocycles. The van der Waals surface area contributed by atoms with Crippen molar-refractivity contribution < 1.29 is 13.2 Å². The van der Waals surface area contributed by atoms with E-state index in [1.54, 1.807) is 6.92 Å². The van der Waals surface area contributed by atoms with Crippen LogP contribution in [0.5, 0.6) is 0 Å². The molecule has 2 aromatic rings. The van der Waals surface area contributed by atoms with Crippen LogP contribution in [0, 0.1) is 13.8 Å². The Morgan fingerprint density at radius 3 is 2.22 bits per heavy atom. The monoisotopic (exact) mass is 428 g/mol. The Labute approximate surface area is 170 Å². The molecule has 8 heteroatoms. The first kappa shape index (κ1) is 21.5. The number of hydrogen-bond acceptors (Lipinski definition) is 3. The molecule has 0 spiro atoms. The van der Waals surface area contributed by atoms with Gasteiger partial charge in [0.2, 0.25) is 15.9 Å². The highest BCUT2D eigenvalue weighted by molar-refractivity contribution is 7.92. The van der Waals surface area contributed by atoms with Crippen LogP contribution in [-0.4, -0.2) is 26.6 Å². The Morgan fingerprint density at radius 1 is 1.11 bits per heavy atom. The largest absolute Gasteiger partial charge is 0.324 e. The Bertz CT molecular complexity index is 941. The van der Waals surface area contributed by atoms with Gasteiger partial charge in [-0.05, 0) is 55.7 Å². The van der Waals surface area contributed by atoms with E-state index in [4.69, 9.17) is 23.2 Å². The number of nitrogens with zero attached hydrogens (tertiary/aromatic N) is 1. The Balaban J connectivity index is 2.46. The Hall–Kier alpha value is -1.76. The van der Waals surface area contributed by atoms with Crippen LogP contribution in [0.15, 0.2) is 36.4 Å². The zero-order valence-corrected chi connectivity index (χ0v) is 17.9. The van der Waals surface area contributed by atoms with Gasteiger partial charge in [0.1, 0.15) is 6.04 Å². The van der Waals surface area contributed by atoms with Gasteiger partial charge in [-0.1, -0.05) is 42.3 Å². The highest BCUT2D eigenvalue weighted by Crippen LogP contribution is 2.30. The first-order valence-electron chi connectivity index (χ1n) is 8.36. The summed E-state index contributed by atoms with van der Waals surface area (Å²) in [5.74, 6) is -0.423. The van der Waals surface area contributed by atoms with Crippen LogP contribution >= 0.6 is 23.2 Å². The number of rotatable bonds is 6. The van der Waals surface area contributed by atoms with E-state index in [1.807, 2.05) is 32.0 Å². The second kappa shape index (κ2) is 8.50. The van der Waals surface area contributed by atoms with Crippen LogP contribution in [0.3, 0.4) is 0 Å². The van der Waals surface area contributed by atoms with Crippen molar-refractivity contribution >= 4 is 50.5 Å². The summed E-state index contributed by atoms with van der Waals surface area (Å²) in [7, 11) is -3.76. The van der Waals surface area contributed by atoms with Gasteiger partial charge in [0.15, 0.2) is 0 Å². The predicted molar refractivity (Wildman–Crippen MR) is 112 cm³/mol. The van der Waals surface area contributed by atoms with Crippen LogP contribution in [0.25, 0.3) is 0 Å². The summed E-state index contributed by atoms with van der Waals surface area (Å²) in [6.45, 7) is 5.54. The summed E-state index contributed by atoms with van der Waals surface area (Å²) in [6.07, 6.45) is 1.32. The molecule has 2 aromatic carbocycles. The molecular weight excluding hydrogens is 407 g/mol. The first-order valence-corrected chi connectivity index (χ1v) is 11.0. The molecule has 0 unspecified atom stereocenters. The lowest BCUT2D eigenvalue weighted by Gasteiger charge is -2.30. The normalized spacial score (nSPS) is 12.5. The summed E-state index contributed by atoms with van der Waals surface area (Å²) in [5.41, 5.74) is 2.78. The summed E-state index contributed by atoms with van der Waals surface area (Å²) < 4.78 is 26.0. The summed E-state index contributed by atoms with van der Waals surface area (Å²) in [5, 5.41) is 3.42. The van der Waals surface area contributed by atoms with Gasteiger partial charge in [-0.25, -0.2) is 8.42 Å². The third-order valence-corrected chi connectivity index (χ3v) is 5.70. The van der Waals surface area contributed by atoms with Gasteiger partial charge in [-0.3, -0.25) is 9.10 Å². The molecule has 1 N–H and O–H groups in total. The summed E-state index contributed by atoms with van der Waals surface area (Å²) in [6, 6.07) is 9.20. The number of hydrogen-bond donors (Lipinski definition) is 1. The molecule has 0 fully saturated rings. The average molecular weight is 429 g/mol. The van der Waals surface area contributed by atoms with Crippen LogP contribution < -0.4 is 9.62 Å². The van der Waals surface area contributed by atoms with Crippen molar-refractivity contribution in [3.8, 4) is 0 Å². The average Bonchev–Trinajstić information content (AvgIpc) is 2.53. The zero-order valence-electron chi connectivity index (χ0n) is 15.6. The molecular formula is C19H22Cl2N2O3S. The molecule has 1 atom stereocenters. The van der Waals surface area contributed by atoms with E-state index in [9.17, 15) is 13.2 Å². The number of sulfonamides is 1. The molecule has 0 aromatic heterocycles. The minimum Gasteiger partial charge on any atom is -0.324 e. The van der Waals surface area contributed by atoms with Crippen LogP contribution in [0.4, 0.5) is 11.4 Å². The standard InChI is InChI=1S/C19H22Cl2N2O3S/c1-5-18(19(24)22-17-8-12(2)6-7-13(17)3)23(27(4,25)26)16-10-14(20)9-15(21)11-16/h6-11,18H,5H2,1-4H3,(H,22,24)/t18-/m0/s1. The van der Waals surface area contributed by atoms with E-state index in [2.05, 4.69) is 5.32 Å². The maximum atomic E-state index is 13.0. The van der Waals surface area contributed by atoms with Gasteiger partial charge in [0, 0.05) is 15.7 Å². The van der Waals surface area contributed by atoms with Crippen molar-refractivity contribution in [2.75, 3.05) is 15.9 Å². The highest BCUT2D eigenvalue weighted by Gasteiger charge is 2.32. The van der Waals surface area contributed by atoms with E-state index >= 15 is 0 Å². The third kappa shape index (κ3) is 5.37. The number of aryl methyl sites for hydroxylation is 2. The molecule has 27 heavy (non-hydrogen) atoms. The second-order valence-corrected chi connectivity index (χ2v) is 9.15. The molecule has 146 valence electrons. The third-order valence-electron chi connectivity index (χ3n) is 4.08. The molecule has 5 nitrogen and oxygen atoms in total. The highest BCUT2D eigenvalue weighted by atomic mass is 35.5. The molecule has 0 saturated heterocycles. The van der Waals surface area contributed by atoms with Crippen LogP contribution in [-0.2, 0) is 14.8 Å². The number of amides is 1. The first-order chi connectivity index (χ1) is 12.5. The van der Waals surface area contributed by atoms with E-state index < -0.39 is 22.0 Å². The van der Waals surface area contributed by atoms with Crippen molar-refractivity contribution in [1.82, 2.24) is 0 Å². The van der Waals surface area contributed by atoms with Crippen molar-refractivity contribution in [3.63, 3.8) is 0 Å². The van der Waals surface area contributed by atoms with Crippen LogP contribution in [0.2, 0.25) is 10.0 Å². The molecule has 0 aliphatic carbocycles.